The van der Waals surface area contributed by atoms with Crippen molar-refractivity contribution in [3.05, 3.63) is 76.4 Å². The molecular formula is C29H30F5N5O2. The smallest absolute Gasteiger partial charge is 0.320 e. The number of benzene rings is 2. The molecule has 1 amide bonds. The van der Waals surface area contributed by atoms with Crippen LogP contribution in [0.5, 0.6) is 0 Å². The molecule has 1 N–H and O–H groups in total. The number of fused-ring (bicyclic) bond motifs is 1. The summed E-state index contributed by atoms with van der Waals surface area (Å²) >= 11 is 0. The van der Waals surface area contributed by atoms with E-state index in [0.717, 1.165) is 25.3 Å². The minimum Gasteiger partial charge on any atom is -0.320 e. The van der Waals surface area contributed by atoms with Crippen molar-refractivity contribution in [3.8, 4) is 0 Å². The third kappa shape index (κ3) is 4.90. The first-order valence-corrected chi connectivity index (χ1v) is 13.6. The van der Waals surface area contributed by atoms with Gasteiger partial charge in [-0.1, -0.05) is 12.1 Å². The van der Waals surface area contributed by atoms with Crippen molar-refractivity contribution in [1.29, 1.82) is 0 Å². The zero-order valence-corrected chi connectivity index (χ0v) is 22.6. The van der Waals surface area contributed by atoms with E-state index in [9.17, 15) is 26.7 Å². The highest BCUT2D eigenvalue weighted by Gasteiger charge is 2.52. The van der Waals surface area contributed by atoms with Gasteiger partial charge in [-0.25, -0.2) is 0 Å². The number of aryl methyl sites for hydroxylation is 1. The number of hydrogen-bond acceptors (Lipinski definition) is 5. The number of halogens is 5. The second kappa shape index (κ2) is 9.87. The Bertz CT molecular complexity index is 1480. The van der Waals surface area contributed by atoms with E-state index >= 15 is 0 Å². The molecule has 218 valence electrons. The van der Waals surface area contributed by atoms with Gasteiger partial charge in [-0.05, 0) is 80.0 Å². The second-order valence-corrected chi connectivity index (χ2v) is 11.7. The highest BCUT2D eigenvalue weighted by Crippen LogP contribution is 2.51. The number of carbonyl (C=O) groups is 1. The van der Waals surface area contributed by atoms with Crippen LogP contribution >= 0.6 is 0 Å². The van der Waals surface area contributed by atoms with Crippen molar-refractivity contribution in [2.24, 2.45) is 7.05 Å². The Morgan fingerprint density at radius 2 is 1.93 bits per heavy atom. The Balaban J connectivity index is 1.32. The average molecular weight is 576 g/mol. The van der Waals surface area contributed by atoms with Crippen LogP contribution in [0.15, 0.2) is 42.7 Å². The number of nitrogens with zero attached hydrogens (tertiary/aromatic N) is 4. The quantitative estimate of drug-likeness (QED) is 0.348. The molecule has 0 bridgehead atoms. The molecule has 6 rings (SSSR count). The standard InChI is InChI=1S/C29H30F5N5O2/c1-27(7-4-8-27)35-14-17-9-21-22(23(10-17)29(32,33)34)15-39(24(21)40)19-6-3-5-18(11-19)28(25-37-36-16-38(25)2)12-20(13-28)41-26(30)31/h3,5-6,9-11,16,20,26,35H,4,7-8,12-15H2,1-2H3. The first-order chi connectivity index (χ1) is 19.4. The lowest BCUT2D eigenvalue weighted by molar-refractivity contribution is -0.192. The van der Waals surface area contributed by atoms with Crippen LogP contribution in [0.2, 0.25) is 0 Å². The van der Waals surface area contributed by atoms with Gasteiger partial charge in [0.05, 0.1) is 23.6 Å². The van der Waals surface area contributed by atoms with Crippen molar-refractivity contribution in [2.45, 2.75) is 82.0 Å². The lowest BCUT2D eigenvalue weighted by Crippen LogP contribution is -2.49. The van der Waals surface area contributed by atoms with E-state index in [4.69, 9.17) is 4.74 Å². The van der Waals surface area contributed by atoms with Crippen molar-refractivity contribution >= 4 is 11.6 Å². The number of aromatic nitrogens is 3. The van der Waals surface area contributed by atoms with E-state index < -0.39 is 35.8 Å². The van der Waals surface area contributed by atoms with Crippen LogP contribution in [0.25, 0.3) is 0 Å². The Labute approximate surface area is 233 Å². The van der Waals surface area contributed by atoms with E-state index in [1.165, 1.54) is 11.2 Å². The van der Waals surface area contributed by atoms with E-state index in [2.05, 4.69) is 15.5 Å². The minimum absolute atomic E-state index is 0.0397. The number of anilines is 1. The third-order valence-corrected chi connectivity index (χ3v) is 8.88. The molecule has 0 unspecified atom stereocenters. The molecule has 7 nitrogen and oxygen atoms in total. The number of hydrogen-bond donors (Lipinski definition) is 1. The average Bonchev–Trinajstić information content (AvgIpc) is 3.45. The van der Waals surface area contributed by atoms with Gasteiger partial charge in [0.15, 0.2) is 0 Å². The van der Waals surface area contributed by atoms with Crippen LogP contribution < -0.4 is 10.2 Å². The highest BCUT2D eigenvalue weighted by atomic mass is 19.4. The molecule has 1 aliphatic heterocycles. The number of alkyl halides is 5. The maximum Gasteiger partial charge on any atom is 0.416 e. The molecule has 2 saturated carbocycles. The predicted molar refractivity (Wildman–Crippen MR) is 139 cm³/mol. The molecule has 3 aromatic rings. The van der Waals surface area contributed by atoms with Crippen molar-refractivity contribution in [2.75, 3.05) is 4.90 Å². The third-order valence-electron chi connectivity index (χ3n) is 8.88. The summed E-state index contributed by atoms with van der Waals surface area (Å²) in [6, 6.07) is 9.60. The molecule has 41 heavy (non-hydrogen) atoms. The van der Waals surface area contributed by atoms with E-state index in [1.54, 1.807) is 41.9 Å². The molecule has 0 atom stereocenters. The first-order valence-electron chi connectivity index (χ1n) is 13.6. The summed E-state index contributed by atoms with van der Waals surface area (Å²) in [6.07, 6.45) is -0.387. The van der Waals surface area contributed by atoms with Crippen LogP contribution in [0.3, 0.4) is 0 Å². The highest BCUT2D eigenvalue weighted by molar-refractivity contribution is 6.10. The van der Waals surface area contributed by atoms with Crippen molar-refractivity contribution < 1.29 is 31.5 Å². The molecule has 2 aromatic carbocycles. The van der Waals surface area contributed by atoms with Gasteiger partial charge in [0.1, 0.15) is 12.2 Å². The second-order valence-electron chi connectivity index (χ2n) is 11.7. The fourth-order valence-electron chi connectivity index (χ4n) is 6.43. The predicted octanol–water partition coefficient (Wildman–Crippen LogP) is 5.71. The Morgan fingerprint density at radius 3 is 2.54 bits per heavy atom. The SMILES string of the molecule is Cn1cnnc1C1(c2cccc(N3Cc4c(cc(CNC5(C)CCC5)cc4C(F)(F)F)C3=O)c2)CC(OC(F)F)C1. The number of carbonyl (C=O) groups excluding carboxylic acids is 1. The lowest BCUT2D eigenvalue weighted by atomic mass is 9.62. The summed E-state index contributed by atoms with van der Waals surface area (Å²) in [7, 11) is 1.75. The Kier molecular flexibility index (Phi) is 6.68. The normalized spacial score (nSPS) is 23.5. The molecule has 0 spiro atoms. The van der Waals surface area contributed by atoms with Gasteiger partial charge in [-0.15, -0.1) is 10.2 Å². The van der Waals surface area contributed by atoms with Crippen LogP contribution in [0.4, 0.5) is 27.6 Å². The number of amides is 1. The summed E-state index contributed by atoms with van der Waals surface area (Å²) in [5, 5.41) is 11.5. The van der Waals surface area contributed by atoms with Gasteiger partial charge >= 0.3 is 12.8 Å². The molecule has 0 saturated heterocycles. The van der Waals surface area contributed by atoms with Crippen LogP contribution in [0.1, 0.15) is 77.5 Å². The maximum absolute atomic E-state index is 14.2. The van der Waals surface area contributed by atoms with Crippen LogP contribution in [0, 0.1) is 0 Å². The van der Waals surface area contributed by atoms with Gasteiger partial charge in [0.2, 0.25) is 0 Å². The molecule has 2 heterocycles. The topological polar surface area (TPSA) is 72.3 Å². The number of rotatable bonds is 8. The molecule has 3 aliphatic rings. The van der Waals surface area contributed by atoms with Crippen molar-refractivity contribution in [3.63, 3.8) is 0 Å². The van der Waals surface area contributed by atoms with Gasteiger partial charge in [-0.3, -0.25) is 4.79 Å². The van der Waals surface area contributed by atoms with Gasteiger partial charge < -0.3 is 19.5 Å². The zero-order valence-electron chi connectivity index (χ0n) is 22.6. The summed E-state index contributed by atoms with van der Waals surface area (Å²) in [6.45, 7) is -0.862. The molecule has 2 fully saturated rings. The molecule has 12 heteroatoms. The zero-order chi connectivity index (χ0) is 29.2. The van der Waals surface area contributed by atoms with Crippen LogP contribution in [-0.2, 0) is 36.5 Å². The first kappa shape index (κ1) is 27.8. The summed E-state index contributed by atoms with van der Waals surface area (Å²) < 4.78 is 74.9. The fourth-order valence-corrected chi connectivity index (χ4v) is 6.43. The molecule has 2 aliphatic carbocycles. The molecule has 0 radical (unpaired) electrons. The van der Waals surface area contributed by atoms with Crippen LogP contribution in [-0.4, -0.2) is 38.9 Å². The van der Waals surface area contributed by atoms with E-state index in [-0.39, 0.29) is 42.6 Å². The van der Waals surface area contributed by atoms with E-state index in [1.807, 2.05) is 6.92 Å². The Hall–Kier alpha value is -3.38. The van der Waals surface area contributed by atoms with E-state index in [0.29, 0.717) is 22.6 Å². The summed E-state index contributed by atoms with van der Waals surface area (Å²) in [5.41, 5.74) is -0.205. The van der Waals surface area contributed by atoms with Gasteiger partial charge in [0, 0.05) is 30.4 Å². The molecule has 1 aromatic heterocycles. The minimum atomic E-state index is -4.63. The molecular weight excluding hydrogens is 545 g/mol. The monoisotopic (exact) mass is 575 g/mol. The van der Waals surface area contributed by atoms with Gasteiger partial charge in [0.25, 0.3) is 5.91 Å². The van der Waals surface area contributed by atoms with Gasteiger partial charge in [-0.2, -0.15) is 22.0 Å². The summed E-state index contributed by atoms with van der Waals surface area (Å²) in [4.78, 5) is 14.9. The lowest BCUT2D eigenvalue weighted by Gasteiger charge is -2.46. The Morgan fingerprint density at radius 1 is 1.17 bits per heavy atom. The fraction of sp³-hybridized carbons (Fsp3) is 0.483. The van der Waals surface area contributed by atoms with Crippen molar-refractivity contribution in [1.82, 2.24) is 20.1 Å². The maximum atomic E-state index is 14.2. The number of nitrogens with one attached hydrogen (secondary N) is 1. The summed E-state index contributed by atoms with van der Waals surface area (Å²) in [5.74, 6) is 0.0380. The number of ether oxygens (including phenoxy) is 1. The largest absolute Gasteiger partial charge is 0.416 e.